The zero-order chi connectivity index (χ0) is 32.2. The second-order valence-corrected chi connectivity index (χ2v) is 8.92. The van der Waals surface area contributed by atoms with Crippen LogP contribution in [0.3, 0.4) is 0 Å². The van der Waals surface area contributed by atoms with Crippen molar-refractivity contribution in [3.05, 3.63) is 0 Å². The molecule has 19 nitrogen and oxygen atoms in total. The van der Waals surface area contributed by atoms with E-state index >= 15 is 0 Å². The Morgan fingerprint density at radius 3 is 1.88 bits per heavy atom. The number of aliphatic hydroxyl groups excluding tert-OH is 8. The fourth-order valence-electron chi connectivity index (χ4n) is 3.44. The van der Waals surface area contributed by atoms with Gasteiger partial charge in [-0.15, -0.1) is 0 Å². The van der Waals surface area contributed by atoms with Gasteiger partial charge >= 0.3 is 17.7 Å². The summed E-state index contributed by atoms with van der Waals surface area (Å²) in [6.45, 7) is 1.33. The molecular formula is C22H36N2O17. The van der Waals surface area contributed by atoms with E-state index in [4.69, 9.17) is 20.1 Å². The molecule has 1 rings (SSSR count). The molecular weight excluding hydrogens is 564 g/mol. The van der Waals surface area contributed by atoms with Gasteiger partial charge in [0.05, 0.1) is 31.8 Å². The van der Waals surface area contributed by atoms with E-state index in [9.17, 15) is 59.4 Å². The van der Waals surface area contributed by atoms with Crippen LogP contribution < -0.4 is 10.6 Å². The first-order chi connectivity index (χ1) is 18.9. The lowest BCUT2D eigenvalue weighted by Gasteiger charge is -2.45. The zero-order valence-corrected chi connectivity index (χ0v) is 22.2. The normalized spacial score (nSPS) is 26.4. The van der Waals surface area contributed by atoms with Crippen LogP contribution in [0, 0.1) is 0 Å². The number of carbonyl (C=O) groups excluding carboxylic acids is 5. The van der Waals surface area contributed by atoms with Crippen LogP contribution in [0.25, 0.3) is 0 Å². The van der Waals surface area contributed by atoms with Crippen molar-refractivity contribution in [1.82, 2.24) is 10.6 Å². The third-order valence-corrected chi connectivity index (χ3v) is 5.55. The number of carbonyl (C=O) groups is 6. The Kier molecular flexibility index (Phi) is 15.7. The van der Waals surface area contributed by atoms with Gasteiger partial charge < -0.3 is 70.9 Å². The molecule has 0 aromatic heterocycles. The number of aliphatic hydroxyl groups is 8. The van der Waals surface area contributed by atoms with Crippen molar-refractivity contribution in [2.75, 3.05) is 13.2 Å². The van der Waals surface area contributed by atoms with Gasteiger partial charge in [-0.25, -0.2) is 9.59 Å². The molecule has 0 saturated carbocycles. The van der Waals surface area contributed by atoms with Gasteiger partial charge in [0.1, 0.15) is 49.0 Å². The highest BCUT2D eigenvalue weighted by Crippen LogP contribution is 2.33. The van der Waals surface area contributed by atoms with E-state index in [1.54, 1.807) is 0 Å². The predicted octanol–water partition coefficient (Wildman–Crippen LogP) is -6.97. The number of ketones is 1. The van der Waals surface area contributed by atoms with E-state index in [0.717, 1.165) is 20.8 Å². The van der Waals surface area contributed by atoms with Crippen LogP contribution in [0.1, 0.15) is 27.2 Å². The summed E-state index contributed by atoms with van der Waals surface area (Å²) in [5.41, 5.74) is 0. The quantitative estimate of drug-likeness (QED) is 0.0531. The number of carboxylic acids is 1. The van der Waals surface area contributed by atoms with Gasteiger partial charge in [0.25, 0.3) is 0 Å². The molecule has 236 valence electrons. The summed E-state index contributed by atoms with van der Waals surface area (Å²) in [5.74, 6) is -8.66. The molecule has 1 fully saturated rings. The summed E-state index contributed by atoms with van der Waals surface area (Å²) < 4.78 is 9.72. The Morgan fingerprint density at radius 2 is 1.49 bits per heavy atom. The molecule has 2 amide bonds. The Morgan fingerprint density at radius 1 is 0.951 bits per heavy atom. The number of hydrogen-bond donors (Lipinski definition) is 11. The van der Waals surface area contributed by atoms with Crippen molar-refractivity contribution < 1.29 is 84.2 Å². The van der Waals surface area contributed by atoms with E-state index in [2.05, 4.69) is 15.4 Å². The fraction of sp³-hybridized carbons (Fsp3) is 0.727. The van der Waals surface area contributed by atoms with E-state index in [1.807, 2.05) is 0 Å². The molecule has 41 heavy (non-hydrogen) atoms. The summed E-state index contributed by atoms with van der Waals surface area (Å²) in [6, 6.07) is -2.72. The van der Waals surface area contributed by atoms with E-state index in [0.29, 0.717) is 0 Å². The Balaban J connectivity index is 0.000000909. The monoisotopic (exact) mass is 600 g/mol. The maximum Gasteiger partial charge on any atom is 0.377 e. The van der Waals surface area contributed by atoms with Crippen molar-refractivity contribution in [3.63, 3.8) is 0 Å². The third kappa shape index (κ3) is 11.0. The van der Waals surface area contributed by atoms with Gasteiger partial charge in [-0.1, -0.05) is 0 Å². The van der Waals surface area contributed by atoms with E-state index in [1.165, 1.54) is 0 Å². The molecule has 0 aliphatic carbocycles. The van der Waals surface area contributed by atoms with Crippen LogP contribution in [-0.2, 0) is 38.2 Å². The van der Waals surface area contributed by atoms with Crippen molar-refractivity contribution in [2.24, 2.45) is 0 Å². The number of amides is 2. The number of aliphatic carboxylic acids is 1. The Hall–Kier alpha value is -3.14. The zero-order valence-electron chi connectivity index (χ0n) is 22.2. The highest BCUT2D eigenvalue weighted by atomic mass is 16.7. The number of esters is 1. The topological polar surface area (TPSA) is 327 Å². The number of carboxylic acid groups (broad SMARTS) is 1. The predicted molar refractivity (Wildman–Crippen MR) is 128 cm³/mol. The van der Waals surface area contributed by atoms with Gasteiger partial charge in [-0.05, 0) is 0 Å². The third-order valence-electron chi connectivity index (χ3n) is 5.55. The molecule has 0 aromatic carbocycles. The molecule has 11 N–H and O–H groups in total. The van der Waals surface area contributed by atoms with Gasteiger partial charge in [0.15, 0.2) is 0 Å². The van der Waals surface area contributed by atoms with Gasteiger partial charge in [0, 0.05) is 20.8 Å². The summed E-state index contributed by atoms with van der Waals surface area (Å²) in [4.78, 5) is 66.6. The number of hydrogen-bond acceptors (Lipinski definition) is 16. The molecule has 0 spiro atoms. The van der Waals surface area contributed by atoms with Crippen LogP contribution in [0.15, 0.2) is 0 Å². The lowest BCUT2D eigenvalue weighted by Crippen LogP contribution is -2.68. The number of Topliss-reactive ketones (excluding diaryl/α,β-unsaturated/α-hetero) is 1. The van der Waals surface area contributed by atoms with E-state index < -0.39 is 110 Å². The molecule has 0 aromatic rings. The van der Waals surface area contributed by atoms with Crippen molar-refractivity contribution >= 4 is 35.8 Å². The lowest BCUT2D eigenvalue weighted by molar-refractivity contribution is -0.300. The minimum absolute atomic E-state index is 0.235. The smallest absolute Gasteiger partial charge is 0.377 e. The minimum atomic E-state index is -2.85. The average Bonchev–Trinajstić information content (AvgIpc) is 2.90. The molecule has 1 aliphatic heterocycles. The number of ether oxygens (including phenoxy) is 2. The van der Waals surface area contributed by atoms with Gasteiger partial charge in [-0.2, -0.15) is 0 Å². The maximum atomic E-state index is 11.6. The summed E-state index contributed by atoms with van der Waals surface area (Å²) in [6.07, 6.45) is -12.9. The molecule has 0 unspecified atom stereocenters. The van der Waals surface area contributed by atoms with Gasteiger partial charge in [0.2, 0.25) is 17.6 Å². The minimum Gasteiger partial charge on any atom is -0.476 e. The van der Waals surface area contributed by atoms with E-state index in [-0.39, 0.29) is 6.29 Å². The summed E-state index contributed by atoms with van der Waals surface area (Å²) >= 11 is 0. The molecule has 1 heterocycles. The van der Waals surface area contributed by atoms with Crippen molar-refractivity contribution in [1.29, 1.82) is 0 Å². The molecule has 1 aliphatic rings. The molecule has 1 saturated heterocycles. The highest BCUT2D eigenvalue weighted by Gasteiger charge is 2.57. The fourth-order valence-corrected chi connectivity index (χ4v) is 3.44. The summed E-state index contributed by atoms with van der Waals surface area (Å²) in [7, 11) is 0. The number of aldehydes is 1. The molecule has 0 bridgehead atoms. The average molecular weight is 601 g/mol. The van der Waals surface area contributed by atoms with Crippen molar-refractivity contribution in [3.8, 4) is 0 Å². The number of nitrogens with one attached hydrogen (secondary N) is 2. The molecule has 10 atom stereocenters. The number of rotatable bonds is 13. The van der Waals surface area contributed by atoms with Crippen LogP contribution >= 0.6 is 0 Å². The second kappa shape index (κ2) is 17.0. The first-order valence-corrected chi connectivity index (χ1v) is 11.8. The first kappa shape index (κ1) is 37.9. The van der Waals surface area contributed by atoms with Crippen LogP contribution in [0.4, 0.5) is 0 Å². The van der Waals surface area contributed by atoms with Crippen molar-refractivity contribution in [2.45, 2.75) is 87.8 Å². The standard InChI is InChI=1S/C14H21NO11.C8H15NO6/c1-5(17)12(22)26-14(13(23)24)3-7(19)9(15-6(2)18)11(25-14)10(21)8(20)4-16;1-4(12)9-5(2-10)7(14)8(15)6(13)3-11/h7-11,16,19-21H,3-4H2,1-2H3,(H,15,18)(H,23,24);2,5-8,11,13-15H,3H2,1H3,(H,9,12)/t7-,8+,9+,10+,11+,14+;5-,6-,7-,8-/m01/s1. The van der Waals surface area contributed by atoms with Crippen LogP contribution in [0.2, 0.25) is 0 Å². The molecule has 19 heteroatoms. The van der Waals surface area contributed by atoms with Crippen LogP contribution in [-0.4, -0.2) is 156 Å². The van der Waals surface area contributed by atoms with Crippen LogP contribution in [0.5, 0.6) is 0 Å². The Bertz CT molecular complexity index is 932. The molecule has 0 radical (unpaired) electrons. The maximum absolute atomic E-state index is 11.6. The Labute approximate surface area is 232 Å². The van der Waals surface area contributed by atoms with Gasteiger partial charge in [-0.3, -0.25) is 14.4 Å². The summed E-state index contributed by atoms with van der Waals surface area (Å²) in [5, 5.41) is 88.7. The second-order valence-electron chi connectivity index (χ2n) is 8.92. The SMILES string of the molecule is CC(=O)N[C@H](C=O)[C@@H](O)[C@H](O)[C@H](O)CO.CC(=O)N[C@H]1[C@H]([C@H](O)[C@H](O)CO)O[C@](OC(=O)C(C)=O)(C(=O)O)C[C@@H]1O. The lowest BCUT2D eigenvalue weighted by atomic mass is 9.88. The largest absolute Gasteiger partial charge is 0.476 e. The first-order valence-electron chi connectivity index (χ1n) is 11.8. The highest BCUT2D eigenvalue weighted by molar-refractivity contribution is 6.32.